The van der Waals surface area contributed by atoms with Crippen molar-refractivity contribution in [2.75, 3.05) is 25.0 Å². The number of piperidine rings is 1. The second-order valence-corrected chi connectivity index (χ2v) is 5.99. The van der Waals surface area contributed by atoms with Gasteiger partial charge in [0.25, 0.3) is 0 Å². The van der Waals surface area contributed by atoms with Crippen LogP contribution in [0, 0.1) is 5.92 Å². The maximum Gasteiger partial charge on any atom is 0.321 e. The Hall–Kier alpha value is -0.780. The molecule has 0 aromatic heterocycles. The summed E-state index contributed by atoms with van der Waals surface area (Å²) in [6.45, 7) is 1.55. The third-order valence-electron chi connectivity index (χ3n) is 3.33. The summed E-state index contributed by atoms with van der Waals surface area (Å²) in [5.74, 6) is 0.320. The number of amides is 2. The van der Waals surface area contributed by atoms with E-state index in [1.165, 1.54) is 0 Å². The molecule has 1 aromatic rings. The standard InChI is InChI=1S/C13H16BrClN2O2/c14-10-1-2-12(11(15)7-10)16-13(19)17-5-3-9(8-18)4-6-17/h1-2,7,9,18H,3-6,8H2,(H,16,19). The molecule has 1 fully saturated rings. The predicted octanol–water partition coefficient (Wildman–Crippen LogP) is 3.34. The monoisotopic (exact) mass is 346 g/mol. The van der Waals surface area contributed by atoms with E-state index in [0.29, 0.717) is 29.7 Å². The highest BCUT2D eigenvalue weighted by atomic mass is 79.9. The molecule has 0 saturated carbocycles. The summed E-state index contributed by atoms with van der Waals surface area (Å²) in [6, 6.07) is 5.21. The van der Waals surface area contributed by atoms with Gasteiger partial charge >= 0.3 is 6.03 Å². The summed E-state index contributed by atoms with van der Waals surface area (Å²) in [7, 11) is 0. The van der Waals surface area contributed by atoms with Crippen molar-refractivity contribution in [1.82, 2.24) is 4.90 Å². The SMILES string of the molecule is O=C(Nc1ccc(Br)cc1Cl)N1CCC(CO)CC1. The summed E-state index contributed by atoms with van der Waals surface area (Å²) in [4.78, 5) is 13.8. The van der Waals surface area contributed by atoms with Gasteiger partial charge in [-0.1, -0.05) is 27.5 Å². The largest absolute Gasteiger partial charge is 0.396 e. The fourth-order valence-corrected chi connectivity index (χ4v) is 2.82. The van der Waals surface area contributed by atoms with E-state index in [2.05, 4.69) is 21.2 Å². The van der Waals surface area contributed by atoms with E-state index in [1.807, 2.05) is 6.07 Å². The topological polar surface area (TPSA) is 52.6 Å². The Morgan fingerprint density at radius 1 is 1.47 bits per heavy atom. The molecule has 0 atom stereocenters. The maximum atomic E-state index is 12.1. The minimum atomic E-state index is -0.138. The van der Waals surface area contributed by atoms with Gasteiger partial charge in [0.05, 0.1) is 10.7 Å². The highest BCUT2D eigenvalue weighted by molar-refractivity contribution is 9.10. The van der Waals surface area contributed by atoms with Gasteiger partial charge in [0.15, 0.2) is 0 Å². The first-order valence-corrected chi connectivity index (χ1v) is 7.39. The van der Waals surface area contributed by atoms with Crippen LogP contribution in [0.15, 0.2) is 22.7 Å². The van der Waals surface area contributed by atoms with Crippen LogP contribution in [0.5, 0.6) is 0 Å². The van der Waals surface area contributed by atoms with Gasteiger partial charge < -0.3 is 15.3 Å². The molecule has 0 spiro atoms. The van der Waals surface area contributed by atoms with Crippen LogP contribution in [0.2, 0.25) is 5.02 Å². The van der Waals surface area contributed by atoms with Crippen molar-refractivity contribution in [3.8, 4) is 0 Å². The predicted molar refractivity (Wildman–Crippen MR) is 79.6 cm³/mol. The number of carbonyl (C=O) groups is 1. The third-order valence-corrected chi connectivity index (χ3v) is 4.14. The van der Waals surface area contributed by atoms with Crippen LogP contribution < -0.4 is 5.32 Å². The Balaban J connectivity index is 1.94. The molecule has 1 aromatic carbocycles. The average Bonchev–Trinajstić information content (AvgIpc) is 2.42. The first-order chi connectivity index (χ1) is 9.10. The number of anilines is 1. The van der Waals surface area contributed by atoms with Gasteiger partial charge in [0, 0.05) is 24.2 Å². The summed E-state index contributed by atoms with van der Waals surface area (Å²) in [5, 5.41) is 12.4. The van der Waals surface area contributed by atoms with E-state index in [1.54, 1.807) is 17.0 Å². The van der Waals surface area contributed by atoms with Gasteiger partial charge in [-0.15, -0.1) is 0 Å². The molecule has 0 aliphatic carbocycles. The van der Waals surface area contributed by atoms with Crippen LogP contribution in [0.3, 0.4) is 0 Å². The van der Waals surface area contributed by atoms with Gasteiger partial charge in [0.2, 0.25) is 0 Å². The lowest BCUT2D eigenvalue weighted by Gasteiger charge is -2.31. The smallest absolute Gasteiger partial charge is 0.321 e. The Labute approximate surface area is 125 Å². The van der Waals surface area contributed by atoms with Crippen molar-refractivity contribution in [2.24, 2.45) is 5.92 Å². The lowest BCUT2D eigenvalue weighted by atomic mass is 9.98. The molecule has 0 bridgehead atoms. The van der Waals surface area contributed by atoms with Crippen LogP contribution in [0.1, 0.15) is 12.8 Å². The van der Waals surface area contributed by atoms with Gasteiger partial charge in [-0.25, -0.2) is 4.79 Å². The fourth-order valence-electron chi connectivity index (χ4n) is 2.10. The number of urea groups is 1. The van der Waals surface area contributed by atoms with E-state index in [4.69, 9.17) is 16.7 Å². The average molecular weight is 348 g/mol. The van der Waals surface area contributed by atoms with Crippen molar-refractivity contribution in [3.63, 3.8) is 0 Å². The Bertz CT molecular complexity index is 462. The van der Waals surface area contributed by atoms with Crippen molar-refractivity contribution < 1.29 is 9.90 Å². The number of likely N-dealkylation sites (tertiary alicyclic amines) is 1. The molecule has 4 nitrogen and oxygen atoms in total. The van der Waals surface area contributed by atoms with Crippen LogP contribution >= 0.6 is 27.5 Å². The molecule has 6 heteroatoms. The zero-order chi connectivity index (χ0) is 13.8. The van der Waals surface area contributed by atoms with Crippen LogP contribution in [-0.4, -0.2) is 35.7 Å². The normalized spacial score (nSPS) is 16.5. The first-order valence-electron chi connectivity index (χ1n) is 6.22. The third kappa shape index (κ3) is 3.84. The second kappa shape index (κ2) is 6.59. The van der Waals surface area contributed by atoms with Crippen LogP contribution in [-0.2, 0) is 0 Å². The number of hydrogen-bond donors (Lipinski definition) is 2. The number of halogens is 2. The molecule has 2 amide bonds. The van der Waals surface area contributed by atoms with Crippen molar-refractivity contribution >= 4 is 39.2 Å². The Kier molecular flexibility index (Phi) is 5.07. The molecule has 2 N–H and O–H groups in total. The molecular weight excluding hydrogens is 332 g/mol. The van der Waals surface area contributed by atoms with Crippen molar-refractivity contribution in [3.05, 3.63) is 27.7 Å². The Morgan fingerprint density at radius 3 is 2.74 bits per heavy atom. The van der Waals surface area contributed by atoms with Gasteiger partial charge in [-0.05, 0) is 37.0 Å². The lowest BCUT2D eigenvalue weighted by Crippen LogP contribution is -2.41. The number of rotatable bonds is 2. The molecule has 1 heterocycles. The molecule has 0 radical (unpaired) electrons. The highest BCUT2D eigenvalue weighted by Crippen LogP contribution is 2.26. The van der Waals surface area contributed by atoms with E-state index in [0.717, 1.165) is 17.3 Å². The molecule has 1 saturated heterocycles. The van der Waals surface area contributed by atoms with Gasteiger partial charge in [0.1, 0.15) is 0 Å². The zero-order valence-electron chi connectivity index (χ0n) is 10.4. The van der Waals surface area contributed by atoms with Crippen molar-refractivity contribution in [1.29, 1.82) is 0 Å². The summed E-state index contributed by atoms with van der Waals surface area (Å²) < 4.78 is 0.874. The number of nitrogens with zero attached hydrogens (tertiary/aromatic N) is 1. The van der Waals surface area contributed by atoms with E-state index in [9.17, 15) is 4.79 Å². The quantitative estimate of drug-likeness (QED) is 0.862. The van der Waals surface area contributed by atoms with E-state index >= 15 is 0 Å². The number of aliphatic hydroxyl groups excluding tert-OH is 1. The molecule has 1 aliphatic heterocycles. The number of nitrogens with one attached hydrogen (secondary N) is 1. The zero-order valence-corrected chi connectivity index (χ0v) is 12.7. The summed E-state index contributed by atoms with van der Waals surface area (Å²) in [6.07, 6.45) is 1.69. The second-order valence-electron chi connectivity index (χ2n) is 4.67. The lowest BCUT2D eigenvalue weighted by molar-refractivity contribution is 0.143. The highest BCUT2D eigenvalue weighted by Gasteiger charge is 2.22. The minimum absolute atomic E-state index is 0.138. The first kappa shape index (κ1) is 14.6. The molecule has 1 aliphatic rings. The molecule has 2 rings (SSSR count). The van der Waals surface area contributed by atoms with E-state index < -0.39 is 0 Å². The van der Waals surface area contributed by atoms with Crippen LogP contribution in [0.25, 0.3) is 0 Å². The summed E-state index contributed by atoms with van der Waals surface area (Å²) in [5.41, 5.74) is 0.610. The number of carbonyl (C=O) groups excluding carboxylic acids is 1. The molecule has 19 heavy (non-hydrogen) atoms. The Morgan fingerprint density at radius 2 is 2.16 bits per heavy atom. The fraction of sp³-hybridized carbons (Fsp3) is 0.462. The summed E-state index contributed by atoms with van der Waals surface area (Å²) >= 11 is 9.38. The molecular formula is C13H16BrClN2O2. The maximum absolute atomic E-state index is 12.1. The van der Waals surface area contributed by atoms with E-state index in [-0.39, 0.29) is 12.6 Å². The van der Waals surface area contributed by atoms with Gasteiger partial charge in [-0.3, -0.25) is 0 Å². The number of aliphatic hydroxyl groups is 1. The van der Waals surface area contributed by atoms with Crippen molar-refractivity contribution in [2.45, 2.75) is 12.8 Å². The van der Waals surface area contributed by atoms with Gasteiger partial charge in [-0.2, -0.15) is 0 Å². The minimum Gasteiger partial charge on any atom is -0.396 e. The number of hydrogen-bond acceptors (Lipinski definition) is 2. The molecule has 0 unspecified atom stereocenters. The number of benzene rings is 1. The van der Waals surface area contributed by atoms with Crippen LogP contribution in [0.4, 0.5) is 10.5 Å². The molecule has 104 valence electrons.